The summed E-state index contributed by atoms with van der Waals surface area (Å²) in [6.07, 6.45) is 9.11. The molecule has 0 bridgehead atoms. The zero-order valence-electron chi connectivity index (χ0n) is 5.52. The first-order valence-electron chi connectivity index (χ1n) is 2.90. The molecule has 0 fully saturated rings. The van der Waals surface area contributed by atoms with Gasteiger partial charge in [0.15, 0.2) is 0 Å². The topological polar surface area (TPSA) is 12.0 Å². The van der Waals surface area contributed by atoms with Gasteiger partial charge in [-0.15, -0.1) is 0 Å². The van der Waals surface area contributed by atoms with Crippen molar-refractivity contribution < 1.29 is 0 Å². The van der Waals surface area contributed by atoms with E-state index in [1.807, 2.05) is 25.4 Å². The zero-order chi connectivity index (χ0) is 6.24. The fraction of sp³-hybridized carbons (Fsp3) is 0.429. The Kier molecular flexibility index (Phi) is 5.71. The van der Waals surface area contributed by atoms with Crippen molar-refractivity contribution in [2.45, 2.75) is 13.3 Å². The Morgan fingerprint density at radius 2 is 2.12 bits per heavy atom. The van der Waals surface area contributed by atoms with Gasteiger partial charge < -0.3 is 5.32 Å². The summed E-state index contributed by atoms with van der Waals surface area (Å²) in [7, 11) is 1.89. The Balaban J connectivity index is 3.13. The van der Waals surface area contributed by atoms with Gasteiger partial charge in [-0.25, -0.2) is 0 Å². The van der Waals surface area contributed by atoms with Crippen LogP contribution in [0.5, 0.6) is 0 Å². The second-order valence-corrected chi connectivity index (χ2v) is 1.48. The van der Waals surface area contributed by atoms with E-state index < -0.39 is 0 Å². The molecule has 0 rings (SSSR count). The first-order chi connectivity index (χ1) is 3.91. The fourth-order valence-electron chi connectivity index (χ4n) is 0.366. The molecule has 0 aromatic heterocycles. The molecule has 46 valence electrons. The third-order valence-electron chi connectivity index (χ3n) is 0.746. The maximum atomic E-state index is 2.89. The Labute approximate surface area is 51.1 Å². The van der Waals surface area contributed by atoms with Crippen LogP contribution >= 0.6 is 0 Å². The van der Waals surface area contributed by atoms with Crippen molar-refractivity contribution in [1.82, 2.24) is 5.32 Å². The second-order valence-electron chi connectivity index (χ2n) is 1.48. The third kappa shape index (κ3) is 5.28. The maximum Gasteiger partial charge on any atom is 0.00277 e. The summed E-state index contributed by atoms with van der Waals surface area (Å²) < 4.78 is 0. The number of hydrogen-bond donors (Lipinski definition) is 1. The van der Waals surface area contributed by atoms with Crippen LogP contribution in [0.3, 0.4) is 0 Å². The molecule has 1 heteroatoms. The SMILES string of the molecule is CCC=CC=CNC. The summed E-state index contributed by atoms with van der Waals surface area (Å²) in [5.74, 6) is 0. The van der Waals surface area contributed by atoms with E-state index in [1.165, 1.54) is 0 Å². The quantitative estimate of drug-likeness (QED) is 0.546. The molecule has 0 saturated carbocycles. The van der Waals surface area contributed by atoms with Gasteiger partial charge in [0.2, 0.25) is 0 Å². The normalized spacial score (nSPS) is 11.2. The smallest absolute Gasteiger partial charge is 0.00277 e. The molecule has 1 N–H and O–H groups in total. The Hall–Kier alpha value is -0.720. The highest BCUT2D eigenvalue weighted by Gasteiger charge is 1.60. The van der Waals surface area contributed by atoms with Crippen LogP contribution in [-0.4, -0.2) is 7.05 Å². The first kappa shape index (κ1) is 7.28. The largest absolute Gasteiger partial charge is 0.394 e. The molecule has 8 heavy (non-hydrogen) atoms. The molecule has 0 aliphatic heterocycles. The van der Waals surface area contributed by atoms with Gasteiger partial charge in [0, 0.05) is 7.05 Å². The predicted octanol–water partition coefficient (Wildman–Crippen LogP) is 1.69. The summed E-state index contributed by atoms with van der Waals surface area (Å²) in [6, 6.07) is 0. The van der Waals surface area contributed by atoms with Crippen LogP contribution in [0.15, 0.2) is 24.4 Å². The van der Waals surface area contributed by atoms with Crippen LogP contribution in [0.4, 0.5) is 0 Å². The van der Waals surface area contributed by atoms with Crippen LogP contribution in [0.25, 0.3) is 0 Å². The minimum absolute atomic E-state index is 1.11. The third-order valence-corrected chi connectivity index (χ3v) is 0.746. The molecule has 0 saturated heterocycles. The summed E-state index contributed by atoms with van der Waals surface area (Å²) >= 11 is 0. The molecule has 0 aromatic carbocycles. The highest BCUT2D eigenvalue weighted by molar-refractivity contribution is 5.00. The van der Waals surface area contributed by atoms with Gasteiger partial charge in [-0.1, -0.05) is 19.1 Å². The standard InChI is InChI=1S/C7H13N/c1-3-4-5-6-7-8-2/h4-8H,3H2,1-2H3. The molecule has 0 spiro atoms. The van der Waals surface area contributed by atoms with E-state index in [1.54, 1.807) is 0 Å². The lowest BCUT2D eigenvalue weighted by atomic mass is 10.4. The average Bonchev–Trinajstić information content (AvgIpc) is 1.81. The molecular formula is C7H13N. The predicted molar refractivity (Wildman–Crippen MR) is 37.6 cm³/mol. The molecule has 1 nitrogen and oxygen atoms in total. The van der Waals surface area contributed by atoms with E-state index in [-0.39, 0.29) is 0 Å². The Morgan fingerprint density at radius 3 is 2.62 bits per heavy atom. The number of rotatable bonds is 3. The molecule has 0 aliphatic rings. The van der Waals surface area contributed by atoms with E-state index in [4.69, 9.17) is 0 Å². The Morgan fingerprint density at radius 1 is 1.38 bits per heavy atom. The molecule has 0 aromatic rings. The summed E-state index contributed by atoms with van der Waals surface area (Å²) in [5.41, 5.74) is 0. The highest BCUT2D eigenvalue weighted by atomic mass is 14.8. The van der Waals surface area contributed by atoms with Crippen molar-refractivity contribution in [3.05, 3.63) is 24.4 Å². The van der Waals surface area contributed by atoms with Crippen LogP contribution in [0.2, 0.25) is 0 Å². The van der Waals surface area contributed by atoms with E-state index >= 15 is 0 Å². The summed E-state index contributed by atoms with van der Waals surface area (Å²) in [6.45, 7) is 2.11. The summed E-state index contributed by atoms with van der Waals surface area (Å²) in [5, 5.41) is 2.89. The molecule has 0 aliphatic carbocycles. The highest BCUT2D eigenvalue weighted by Crippen LogP contribution is 1.78. The van der Waals surface area contributed by atoms with Gasteiger partial charge in [-0.3, -0.25) is 0 Å². The van der Waals surface area contributed by atoms with E-state index in [0.29, 0.717) is 0 Å². The van der Waals surface area contributed by atoms with Crippen molar-refractivity contribution >= 4 is 0 Å². The van der Waals surface area contributed by atoms with Crippen LogP contribution in [-0.2, 0) is 0 Å². The Bertz CT molecular complexity index is 70.4. The van der Waals surface area contributed by atoms with E-state index in [0.717, 1.165) is 6.42 Å². The average molecular weight is 111 g/mol. The lowest BCUT2D eigenvalue weighted by molar-refractivity contribution is 1.10. The number of hydrogen-bond acceptors (Lipinski definition) is 1. The van der Waals surface area contributed by atoms with E-state index in [9.17, 15) is 0 Å². The second kappa shape index (κ2) is 6.28. The summed E-state index contributed by atoms with van der Waals surface area (Å²) in [4.78, 5) is 0. The monoisotopic (exact) mass is 111 g/mol. The van der Waals surface area contributed by atoms with Gasteiger partial charge in [-0.2, -0.15) is 0 Å². The van der Waals surface area contributed by atoms with Crippen LogP contribution < -0.4 is 5.32 Å². The van der Waals surface area contributed by atoms with Crippen LogP contribution in [0, 0.1) is 0 Å². The molecule has 0 atom stereocenters. The molecule has 0 unspecified atom stereocenters. The maximum absolute atomic E-state index is 2.89. The lowest BCUT2D eigenvalue weighted by Gasteiger charge is -1.79. The van der Waals surface area contributed by atoms with Gasteiger partial charge in [-0.05, 0) is 18.7 Å². The van der Waals surface area contributed by atoms with Crippen molar-refractivity contribution in [2.24, 2.45) is 0 Å². The van der Waals surface area contributed by atoms with Crippen molar-refractivity contribution in [1.29, 1.82) is 0 Å². The molecular weight excluding hydrogens is 98.1 g/mol. The minimum atomic E-state index is 1.11. The fourth-order valence-corrected chi connectivity index (χ4v) is 0.366. The number of nitrogens with one attached hydrogen (secondary N) is 1. The minimum Gasteiger partial charge on any atom is -0.394 e. The van der Waals surface area contributed by atoms with Gasteiger partial charge in [0.05, 0.1) is 0 Å². The van der Waals surface area contributed by atoms with Crippen LogP contribution in [0.1, 0.15) is 13.3 Å². The molecule has 0 amide bonds. The van der Waals surface area contributed by atoms with E-state index in [2.05, 4.69) is 18.3 Å². The first-order valence-corrected chi connectivity index (χ1v) is 2.90. The van der Waals surface area contributed by atoms with Crippen molar-refractivity contribution in [3.8, 4) is 0 Å². The zero-order valence-corrected chi connectivity index (χ0v) is 5.52. The molecule has 0 radical (unpaired) electrons. The molecule has 0 heterocycles. The van der Waals surface area contributed by atoms with Gasteiger partial charge >= 0.3 is 0 Å². The van der Waals surface area contributed by atoms with Crippen molar-refractivity contribution in [3.63, 3.8) is 0 Å². The number of allylic oxidation sites excluding steroid dienone is 3. The van der Waals surface area contributed by atoms with Gasteiger partial charge in [0.25, 0.3) is 0 Å². The van der Waals surface area contributed by atoms with Gasteiger partial charge in [0.1, 0.15) is 0 Å². The van der Waals surface area contributed by atoms with Crippen molar-refractivity contribution in [2.75, 3.05) is 7.05 Å². The lowest BCUT2D eigenvalue weighted by Crippen LogP contribution is -1.89.